The third kappa shape index (κ3) is 5.50. The maximum atomic E-state index is 11.2. The molecule has 0 aromatic carbocycles. The molecule has 98 valence electrons. The van der Waals surface area contributed by atoms with Crippen molar-refractivity contribution in [1.82, 2.24) is 10.6 Å². The number of ether oxygens (including phenoxy) is 1. The number of aliphatic hydroxyl groups excluding tert-OH is 1. The van der Waals surface area contributed by atoms with Crippen molar-refractivity contribution in [2.45, 2.75) is 31.5 Å². The number of carbonyl (C=O) groups is 2. The smallest absolute Gasteiger partial charge is 0.332 e. The Hall–Kier alpha value is -1.34. The fourth-order valence-corrected chi connectivity index (χ4v) is 1.52. The summed E-state index contributed by atoms with van der Waals surface area (Å²) in [6.45, 7) is 1.30. The van der Waals surface area contributed by atoms with E-state index in [1.54, 1.807) is 0 Å². The normalized spacial score (nSPS) is 20.9. The van der Waals surface area contributed by atoms with Gasteiger partial charge in [-0.15, -0.1) is 0 Å². The number of rotatable bonds is 6. The maximum Gasteiger partial charge on any atom is 0.332 e. The summed E-state index contributed by atoms with van der Waals surface area (Å²) in [5.41, 5.74) is 0. The molecular formula is C10H18N2O5. The monoisotopic (exact) mass is 246 g/mol. The van der Waals surface area contributed by atoms with Gasteiger partial charge in [0.1, 0.15) is 0 Å². The summed E-state index contributed by atoms with van der Waals surface area (Å²) in [5, 5.41) is 22.4. The molecule has 7 nitrogen and oxygen atoms in total. The van der Waals surface area contributed by atoms with Crippen LogP contribution >= 0.6 is 0 Å². The molecule has 0 aliphatic carbocycles. The van der Waals surface area contributed by atoms with E-state index >= 15 is 0 Å². The summed E-state index contributed by atoms with van der Waals surface area (Å²) in [6, 6.07) is -0.377. The van der Waals surface area contributed by atoms with E-state index in [0.717, 1.165) is 19.4 Å². The van der Waals surface area contributed by atoms with Crippen molar-refractivity contribution in [3.63, 3.8) is 0 Å². The summed E-state index contributed by atoms with van der Waals surface area (Å²) in [6.07, 6.45) is 0.582. The van der Waals surface area contributed by atoms with E-state index in [4.69, 9.17) is 14.9 Å². The lowest BCUT2D eigenvalue weighted by Crippen LogP contribution is -2.41. The van der Waals surface area contributed by atoms with Gasteiger partial charge in [0.05, 0.1) is 6.10 Å². The van der Waals surface area contributed by atoms with E-state index < -0.39 is 12.1 Å². The van der Waals surface area contributed by atoms with Crippen LogP contribution in [0.15, 0.2) is 0 Å². The van der Waals surface area contributed by atoms with Crippen LogP contribution in [-0.2, 0) is 9.53 Å². The molecule has 4 N–H and O–H groups in total. The maximum absolute atomic E-state index is 11.2. The van der Waals surface area contributed by atoms with E-state index in [1.807, 2.05) is 0 Å². The van der Waals surface area contributed by atoms with Crippen molar-refractivity contribution in [2.24, 2.45) is 0 Å². The van der Waals surface area contributed by atoms with Crippen LogP contribution in [0.4, 0.5) is 4.79 Å². The van der Waals surface area contributed by atoms with Gasteiger partial charge in [0, 0.05) is 26.1 Å². The molecule has 1 saturated heterocycles. The minimum absolute atomic E-state index is 0.0112. The Morgan fingerprint density at radius 1 is 1.41 bits per heavy atom. The van der Waals surface area contributed by atoms with Gasteiger partial charge in [0.2, 0.25) is 0 Å². The van der Waals surface area contributed by atoms with Gasteiger partial charge in [0.25, 0.3) is 0 Å². The van der Waals surface area contributed by atoms with Crippen LogP contribution < -0.4 is 10.6 Å². The number of aliphatic carboxylic acids is 1. The number of amides is 2. The second kappa shape index (κ2) is 7.08. The zero-order chi connectivity index (χ0) is 12.7. The Bertz CT molecular complexity index is 265. The van der Waals surface area contributed by atoms with Crippen molar-refractivity contribution in [3.05, 3.63) is 0 Å². The van der Waals surface area contributed by atoms with Gasteiger partial charge in [-0.25, -0.2) is 9.59 Å². The topological polar surface area (TPSA) is 108 Å². The first-order valence-corrected chi connectivity index (χ1v) is 5.63. The molecule has 2 amide bonds. The largest absolute Gasteiger partial charge is 0.479 e. The van der Waals surface area contributed by atoms with E-state index in [0.29, 0.717) is 6.54 Å². The Morgan fingerprint density at radius 2 is 2.18 bits per heavy atom. The van der Waals surface area contributed by atoms with E-state index in [-0.39, 0.29) is 25.1 Å². The lowest BCUT2D eigenvalue weighted by Gasteiger charge is -2.12. The Kier molecular flexibility index (Phi) is 5.71. The van der Waals surface area contributed by atoms with Crippen molar-refractivity contribution in [2.75, 3.05) is 19.7 Å². The highest BCUT2D eigenvalue weighted by Gasteiger charge is 2.16. The van der Waals surface area contributed by atoms with Gasteiger partial charge < -0.3 is 25.6 Å². The van der Waals surface area contributed by atoms with Gasteiger partial charge in [-0.1, -0.05) is 0 Å². The predicted molar refractivity (Wildman–Crippen MR) is 58.6 cm³/mol. The minimum atomic E-state index is -1.44. The summed E-state index contributed by atoms with van der Waals surface area (Å²) in [5.74, 6) is -1.29. The molecule has 1 unspecified atom stereocenters. The van der Waals surface area contributed by atoms with Gasteiger partial charge in [-0.3, -0.25) is 0 Å². The minimum Gasteiger partial charge on any atom is -0.479 e. The first kappa shape index (κ1) is 13.7. The third-order valence-corrected chi connectivity index (χ3v) is 2.50. The van der Waals surface area contributed by atoms with Gasteiger partial charge in [-0.2, -0.15) is 0 Å². The van der Waals surface area contributed by atoms with Gasteiger partial charge in [-0.05, 0) is 12.8 Å². The number of urea groups is 1. The number of aliphatic hydroxyl groups is 1. The molecule has 1 heterocycles. The number of carbonyl (C=O) groups excluding carboxylic acids is 1. The standard InChI is InChI=1S/C10H18N2O5/c13-8(9(14)15)3-4-11-10(16)12-6-7-2-1-5-17-7/h7-8,13H,1-6H2,(H,14,15)(H2,11,12,16)/t7?,8-/m0/s1. The van der Waals surface area contributed by atoms with Crippen LogP contribution in [0, 0.1) is 0 Å². The molecule has 0 bridgehead atoms. The molecule has 1 fully saturated rings. The second-order valence-electron chi connectivity index (χ2n) is 3.91. The second-order valence-corrected chi connectivity index (χ2v) is 3.91. The van der Waals surface area contributed by atoms with E-state index in [2.05, 4.69) is 10.6 Å². The van der Waals surface area contributed by atoms with Crippen molar-refractivity contribution in [3.8, 4) is 0 Å². The Balaban J connectivity index is 2.02. The number of carboxylic acids is 1. The highest BCUT2D eigenvalue weighted by Crippen LogP contribution is 2.10. The molecule has 0 saturated carbocycles. The highest BCUT2D eigenvalue weighted by atomic mass is 16.5. The average Bonchev–Trinajstić information content (AvgIpc) is 2.78. The van der Waals surface area contributed by atoms with Crippen LogP contribution in [0.3, 0.4) is 0 Å². The highest BCUT2D eigenvalue weighted by molar-refractivity contribution is 5.74. The predicted octanol–water partition coefficient (Wildman–Crippen LogP) is -0.700. The SMILES string of the molecule is O=C(NCC[C@H](O)C(=O)O)NCC1CCCO1. The Morgan fingerprint density at radius 3 is 2.76 bits per heavy atom. The van der Waals surface area contributed by atoms with Crippen molar-refractivity contribution >= 4 is 12.0 Å². The summed E-state index contributed by atoms with van der Waals surface area (Å²) < 4.78 is 5.32. The van der Waals surface area contributed by atoms with Crippen LogP contribution in [0.5, 0.6) is 0 Å². The third-order valence-electron chi connectivity index (χ3n) is 2.50. The van der Waals surface area contributed by atoms with Crippen molar-refractivity contribution in [1.29, 1.82) is 0 Å². The molecule has 17 heavy (non-hydrogen) atoms. The average molecular weight is 246 g/mol. The summed E-state index contributed by atoms with van der Waals surface area (Å²) in [4.78, 5) is 21.5. The van der Waals surface area contributed by atoms with Gasteiger partial charge >= 0.3 is 12.0 Å². The van der Waals surface area contributed by atoms with Crippen molar-refractivity contribution < 1.29 is 24.5 Å². The zero-order valence-electron chi connectivity index (χ0n) is 9.52. The van der Waals surface area contributed by atoms with Crippen LogP contribution in [0.2, 0.25) is 0 Å². The van der Waals surface area contributed by atoms with Crippen LogP contribution in [0.25, 0.3) is 0 Å². The molecule has 0 aromatic rings. The number of hydrogen-bond acceptors (Lipinski definition) is 4. The first-order valence-electron chi connectivity index (χ1n) is 5.63. The fourth-order valence-electron chi connectivity index (χ4n) is 1.52. The van der Waals surface area contributed by atoms with Gasteiger partial charge in [0.15, 0.2) is 6.10 Å². The van der Waals surface area contributed by atoms with Crippen LogP contribution in [0.1, 0.15) is 19.3 Å². The molecule has 1 aliphatic heterocycles. The molecule has 7 heteroatoms. The molecule has 1 aliphatic rings. The lowest BCUT2D eigenvalue weighted by molar-refractivity contribution is -0.146. The molecule has 0 radical (unpaired) electrons. The number of carboxylic acid groups (broad SMARTS) is 1. The van der Waals surface area contributed by atoms with Crippen LogP contribution in [-0.4, -0.2) is 54.1 Å². The molecule has 0 aromatic heterocycles. The first-order chi connectivity index (χ1) is 8.09. The molecule has 1 rings (SSSR count). The summed E-state index contributed by atoms with van der Waals surface area (Å²) >= 11 is 0. The van der Waals surface area contributed by atoms with E-state index in [1.165, 1.54) is 0 Å². The van der Waals surface area contributed by atoms with E-state index in [9.17, 15) is 9.59 Å². The fraction of sp³-hybridized carbons (Fsp3) is 0.800. The zero-order valence-corrected chi connectivity index (χ0v) is 9.52. The molecule has 0 spiro atoms. The quantitative estimate of drug-likeness (QED) is 0.495. The molecular weight excluding hydrogens is 228 g/mol. The number of nitrogens with one attached hydrogen (secondary N) is 2. The molecule has 2 atom stereocenters. The summed E-state index contributed by atoms with van der Waals surface area (Å²) in [7, 11) is 0. The number of hydrogen-bond donors (Lipinski definition) is 4. The lowest BCUT2D eigenvalue weighted by atomic mass is 10.2. The Labute approximate surface area is 99.1 Å².